The molecule has 2 aromatic heterocycles. The second-order valence-corrected chi connectivity index (χ2v) is 7.79. The Balaban J connectivity index is 1.58. The minimum Gasteiger partial charge on any atom is -0.378 e. The summed E-state index contributed by atoms with van der Waals surface area (Å²) in [5.74, 6) is 0.230. The van der Waals surface area contributed by atoms with E-state index in [2.05, 4.69) is 25.4 Å². The summed E-state index contributed by atoms with van der Waals surface area (Å²) >= 11 is 6.57. The first-order chi connectivity index (χ1) is 15.1. The van der Waals surface area contributed by atoms with Crippen LogP contribution in [0.15, 0.2) is 53.6 Å². The molecule has 0 amide bonds. The molecule has 9 heteroatoms. The van der Waals surface area contributed by atoms with Crippen LogP contribution in [0.2, 0.25) is 5.02 Å². The number of hydrogen-bond donors (Lipinski definition) is 2. The van der Waals surface area contributed by atoms with Crippen LogP contribution in [-0.2, 0) is 11.8 Å². The highest BCUT2D eigenvalue weighted by Crippen LogP contribution is 2.31. The summed E-state index contributed by atoms with van der Waals surface area (Å²) in [6.45, 7) is 2.95. The highest BCUT2D eigenvalue weighted by atomic mass is 35.5. The molecule has 4 aromatic rings. The van der Waals surface area contributed by atoms with Crippen LogP contribution in [-0.4, -0.2) is 46.1 Å². The van der Waals surface area contributed by atoms with E-state index in [1.54, 1.807) is 24.0 Å². The lowest BCUT2D eigenvalue weighted by atomic mass is 10.1. The van der Waals surface area contributed by atoms with Gasteiger partial charge in [0, 0.05) is 31.9 Å². The van der Waals surface area contributed by atoms with Crippen LogP contribution < -0.4 is 15.8 Å². The van der Waals surface area contributed by atoms with E-state index in [0.717, 1.165) is 35.6 Å². The van der Waals surface area contributed by atoms with E-state index in [-0.39, 0.29) is 11.4 Å². The van der Waals surface area contributed by atoms with Crippen LogP contribution in [0.5, 0.6) is 0 Å². The van der Waals surface area contributed by atoms with Crippen molar-refractivity contribution < 1.29 is 4.74 Å². The number of anilines is 3. The van der Waals surface area contributed by atoms with Gasteiger partial charge in [-0.1, -0.05) is 23.7 Å². The summed E-state index contributed by atoms with van der Waals surface area (Å²) in [4.78, 5) is 20.0. The molecule has 0 spiro atoms. The molecule has 0 unspecified atom stereocenters. The van der Waals surface area contributed by atoms with Crippen molar-refractivity contribution in [1.82, 2.24) is 19.7 Å². The van der Waals surface area contributed by atoms with Gasteiger partial charge in [0.05, 0.1) is 41.3 Å². The highest BCUT2D eigenvalue weighted by Gasteiger charge is 2.18. The first-order valence-electron chi connectivity index (χ1n) is 10.00. The monoisotopic (exact) mass is 436 g/mol. The Morgan fingerprint density at radius 2 is 1.97 bits per heavy atom. The molecule has 2 N–H and O–H groups in total. The van der Waals surface area contributed by atoms with E-state index < -0.39 is 0 Å². The third-order valence-electron chi connectivity index (χ3n) is 5.48. The molecule has 8 nitrogen and oxygen atoms in total. The standard InChI is InChI=1S/C22H21ClN6O2/c1-28-19-11-14(15-12-24-25-13-15)10-16(23)20(19)27-21(22(28)30)26-17-4-2-3-5-18(17)29-6-8-31-9-7-29/h2-5,10-13H,6-9H2,1H3,(H,24,25)(H,26,27). The predicted molar refractivity (Wildman–Crippen MR) is 122 cm³/mol. The van der Waals surface area contributed by atoms with E-state index in [1.807, 2.05) is 36.4 Å². The van der Waals surface area contributed by atoms with Gasteiger partial charge in [0.1, 0.15) is 5.52 Å². The smallest absolute Gasteiger partial charge is 0.293 e. The molecule has 1 aliphatic rings. The molecule has 0 atom stereocenters. The van der Waals surface area contributed by atoms with Crippen molar-refractivity contribution >= 4 is 39.8 Å². The number of ether oxygens (including phenoxy) is 1. The summed E-state index contributed by atoms with van der Waals surface area (Å²) in [5, 5.41) is 10.5. The van der Waals surface area contributed by atoms with E-state index >= 15 is 0 Å². The second kappa shape index (κ2) is 8.05. The lowest BCUT2D eigenvalue weighted by Crippen LogP contribution is -2.36. The fourth-order valence-electron chi connectivity index (χ4n) is 3.82. The van der Waals surface area contributed by atoms with Crippen molar-refractivity contribution in [2.24, 2.45) is 7.05 Å². The van der Waals surface area contributed by atoms with Gasteiger partial charge >= 0.3 is 0 Å². The minimum atomic E-state index is -0.232. The van der Waals surface area contributed by atoms with E-state index in [9.17, 15) is 4.79 Å². The molecular formula is C22H21ClN6O2. The van der Waals surface area contributed by atoms with Crippen molar-refractivity contribution in [3.63, 3.8) is 0 Å². The van der Waals surface area contributed by atoms with Crippen molar-refractivity contribution in [2.45, 2.75) is 0 Å². The van der Waals surface area contributed by atoms with Gasteiger partial charge in [-0.05, 0) is 29.8 Å². The third-order valence-corrected chi connectivity index (χ3v) is 5.76. The van der Waals surface area contributed by atoms with Crippen molar-refractivity contribution in [3.8, 4) is 11.1 Å². The van der Waals surface area contributed by atoms with Crippen LogP contribution in [0.3, 0.4) is 0 Å². The maximum Gasteiger partial charge on any atom is 0.293 e. The van der Waals surface area contributed by atoms with Crippen LogP contribution in [0.25, 0.3) is 22.2 Å². The number of para-hydroxylation sites is 2. The Hall–Kier alpha value is -3.36. The second-order valence-electron chi connectivity index (χ2n) is 7.38. The van der Waals surface area contributed by atoms with Gasteiger partial charge in [0.25, 0.3) is 5.56 Å². The number of nitrogens with one attached hydrogen (secondary N) is 2. The molecule has 0 bridgehead atoms. The van der Waals surface area contributed by atoms with E-state index in [0.29, 0.717) is 29.3 Å². The van der Waals surface area contributed by atoms with Crippen molar-refractivity contribution in [3.05, 3.63) is 64.2 Å². The zero-order chi connectivity index (χ0) is 21.4. The zero-order valence-electron chi connectivity index (χ0n) is 16.9. The lowest BCUT2D eigenvalue weighted by molar-refractivity contribution is 0.123. The summed E-state index contributed by atoms with van der Waals surface area (Å²) in [6, 6.07) is 11.6. The quantitative estimate of drug-likeness (QED) is 0.508. The van der Waals surface area contributed by atoms with Gasteiger partial charge in [0.15, 0.2) is 5.82 Å². The fraction of sp³-hybridized carbons (Fsp3) is 0.227. The Labute approximate surface area is 183 Å². The first-order valence-corrected chi connectivity index (χ1v) is 10.4. The molecular weight excluding hydrogens is 416 g/mol. The number of nitrogens with zero attached hydrogens (tertiary/aromatic N) is 4. The number of halogens is 1. The number of rotatable bonds is 4. The van der Waals surface area contributed by atoms with Gasteiger partial charge in [-0.15, -0.1) is 0 Å². The normalized spacial score (nSPS) is 14.2. The summed E-state index contributed by atoms with van der Waals surface area (Å²) in [7, 11) is 1.72. The Morgan fingerprint density at radius 3 is 2.74 bits per heavy atom. The molecule has 1 saturated heterocycles. The average molecular weight is 437 g/mol. The first kappa shape index (κ1) is 19.6. The van der Waals surface area contributed by atoms with Crippen LogP contribution in [0.1, 0.15) is 0 Å². The van der Waals surface area contributed by atoms with Crippen LogP contribution in [0, 0.1) is 0 Å². The average Bonchev–Trinajstić information content (AvgIpc) is 3.34. The van der Waals surface area contributed by atoms with Gasteiger partial charge in [-0.25, -0.2) is 4.98 Å². The van der Waals surface area contributed by atoms with E-state index in [1.165, 1.54) is 0 Å². The molecule has 0 radical (unpaired) electrons. The number of aromatic nitrogens is 4. The minimum absolute atomic E-state index is 0.230. The molecule has 158 valence electrons. The van der Waals surface area contributed by atoms with Crippen molar-refractivity contribution in [2.75, 3.05) is 36.5 Å². The topological polar surface area (TPSA) is 88.1 Å². The van der Waals surface area contributed by atoms with Crippen LogP contribution in [0.4, 0.5) is 17.2 Å². The Morgan fingerprint density at radius 1 is 1.16 bits per heavy atom. The summed E-state index contributed by atoms with van der Waals surface area (Å²) < 4.78 is 7.03. The molecule has 0 aliphatic carbocycles. The lowest BCUT2D eigenvalue weighted by Gasteiger charge is -2.30. The van der Waals surface area contributed by atoms with Gasteiger partial charge in [-0.2, -0.15) is 5.10 Å². The van der Waals surface area contributed by atoms with Crippen LogP contribution >= 0.6 is 11.6 Å². The number of hydrogen-bond acceptors (Lipinski definition) is 6. The van der Waals surface area contributed by atoms with Crippen molar-refractivity contribution in [1.29, 1.82) is 0 Å². The predicted octanol–water partition coefficient (Wildman–Crippen LogP) is 3.56. The zero-order valence-corrected chi connectivity index (χ0v) is 17.7. The number of benzene rings is 2. The Kier molecular flexibility index (Phi) is 5.09. The number of aryl methyl sites for hydroxylation is 1. The molecule has 3 heterocycles. The maximum absolute atomic E-state index is 13.1. The van der Waals surface area contributed by atoms with Gasteiger partial charge in [-0.3, -0.25) is 9.89 Å². The Bertz CT molecular complexity index is 1300. The number of H-pyrrole nitrogens is 1. The summed E-state index contributed by atoms with van der Waals surface area (Å²) in [5.41, 5.74) is 4.56. The van der Waals surface area contributed by atoms with Gasteiger partial charge < -0.3 is 19.5 Å². The largest absolute Gasteiger partial charge is 0.378 e. The summed E-state index contributed by atoms with van der Waals surface area (Å²) in [6.07, 6.45) is 3.49. The molecule has 1 aliphatic heterocycles. The fourth-order valence-corrected chi connectivity index (χ4v) is 4.08. The molecule has 1 fully saturated rings. The third kappa shape index (κ3) is 3.64. The molecule has 2 aromatic carbocycles. The molecule has 5 rings (SSSR count). The number of morpholine rings is 1. The molecule has 31 heavy (non-hydrogen) atoms. The highest BCUT2D eigenvalue weighted by molar-refractivity contribution is 6.35. The maximum atomic E-state index is 13.1. The molecule has 0 saturated carbocycles. The number of fused-ring (bicyclic) bond motifs is 1. The number of aromatic amines is 1. The SMILES string of the molecule is Cn1c(=O)c(Nc2ccccc2N2CCOCC2)nc2c(Cl)cc(-c3cn[nH]c3)cc21. The van der Waals surface area contributed by atoms with Gasteiger partial charge in [0.2, 0.25) is 0 Å². The van der Waals surface area contributed by atoms with E-state index in [4.69, 9.17) is 16.3 Å².